The van der Waals surface area contributed by atoms with Gasteiger partial charge in [-0.1, -0.05) is 25.8 Å². The minimum Gasteiger partial charge on any atom is -0.494 e. The molecule has 1 aliphatic rings. The summed E-state index contributed by atoms with van der Waals surface area (Å²) < 4.78 is 5.69. The molecule has 1 fully saturated rings. The first-order valence-corrected chi connectivity index (χ1v) is 8.57. The predicted octanol–water partition coefficient (Wildman–Crippen LogP) is 4.64. The number of ether oxygens (including phenoxy) is 1. The zero-order chi connectivity index (χ0) is 14.2. The Morgan fingerprint density at radius 1 is 1.40 bits per heavy atom. The van der Waals surface area contributed by atoms with Crippen molar-refractivity contribution in [2.45, 2.75) is 44.3 Å². The maximum Gasteiger partial charge on any atom is 0.120 e. The van der Waals surface area contributed by atoms with Crippen LogP contribution < -0.4 is 4.74 Å². The van der Waals surface area contributed by atoms with E-state index in [1.54, 1.807) is 12.1 Å². The molecule has 20 heavy (non-hydrogen) atoms. The molecular weight excluding hydrogens is 266 g/mol. The highest BCUT2D eigenvalue weighted by molar-refractivity contribution is 7.99. The molecule has 0 spiro atoms. The summed E-state index contributed by atoms with van der Waals surface area (Å²) in [6.07, 6.45) is 6.66. The standard InChI is InChI=1S/C17H23NOS/c1-14-5-2-8-17(11-14)20-10-4-9-19-16-7-3-6-15(12-16)13-18/h3,6-7,12,14,17H,2,4-5,8-11H2,1H3. The number of benzene rings is 1. The van der Waals surface area contributed by atoms with Crippen molar-refractivity contribution in [2.75, 3.05) is 12.4 Å². The van der Waals surface area contributed by atoms with Crippen molar-refractivity contribution in [3.05, 3.63) is 29.8 Å². The van der Waals surface area contributed by atoms with Crippen LogP contribution >= 0.6 is 11.8 Å². The summed E-state index contributed by atoms with van der Waals surface area (Å²) in [4.78, 5) is 0. The van der Waals surface area contributed by atoms with Gasteiger partial charge in [-0.2, -0.15) is 17.0 Å². The molecule has 0 aromatic heterocycles. The molecule has 0 bridgehead atoms. The highest BCUT2D eigenvalue weighted by Crippen LogP contribution is 2.32. The van der Waals surface area contributed by atoms with E-state index in [0.29, 0.717) is 5.56 Å². The molecular formula is C17H23NOS. The summed E-state index contributed by atoms with van der Waals surface area (Å²) in [6.45, 7) is 3.11. The van der Waals surface area contributed by atoms with Crippen LogP contribution in [0, 0.1) is 17.2 Å². The van der Waals surface area contributed by atoms with Gasteiger partial charge in [0, 0.05) is 5.25 Å². The predicted molar refractivity (Wildman–Crippen MR) is 85.1 cm³/mol. The summed E-state index contributed by atoms with van der Waals surface area (Å²) in [5.74, 6) is 2.89. The lowest BCUT2D eigenvalue weighted by Crippen LogP contribution is -2.15. The van der Waals surface area contributed by atoms with Gasteiger partial charge in [0.2, 0.25) is 0 Å². The largest absolute Gasteiger partial charge is 0.494 e. The molecule has 108 valence electrons. The highest BCUT2D eigenvalue weighted by atomic mass is 32.2. The molecule has 1 aromatic rings. The minimum atomic E-state index is 0.660. The third-order valence-electron chi connectivity index (χ3n) is 3.76. The Bertz CT molecular complexity index is 455. The lowest BCUT2D eigenvalue weighted by Gasteiger charge is -2.26. The summed E-state index contributed by atoms with van der Waals surface area (Å²) in [7, 11) is 0. The van der Waals surface area contributed by atoms with Gasteiger partial charge in [-0.15, -0.1) is 0 Å². The summed E-state index contributed by atoms with van der Waals surface area (Å²) in [5.41, 5.74) is 0.660. The molecule has 0 N–H and O–H groups in total. The van der Waals surface area contributed by atoms with Crippen molar-refractivity contribution in [3.8, 4) is 11.8 Å². The Labute approximate surface area is 126 Å². The maximum atomic E-state index is 8.83. The number of nitriles is 1. The second-order valence-corrected chi connectivity index (χ2v) is 7.01. The molecule has 2 nitrogen and oxygen atoms in total. The Balaban J connectivity index is 1.60. The third kappa shape index (κ3) is 5.09. The van der Waals surface area contributed by atoms with Gasteiger partial charge in [-0.05, 0) is 49.1 Å². The van der Waals surface area contributed by atoms with Crippen LogP contribution in [0.4, 0.5) is 0 Å². The van der Waals surface area contributed by atoms with E-state index in [9.17, 15) is 0 Å². The van der Waals surface area contributed by atoms with Crippen LogP contribution in [0.3, 0.4) is 0 Å². The summed E-state index contributed by atoms with van der Waals surface area (Å²) in [5, 5.41) is 9.69. The zero-order valence-electron chi connectivity index (χ0n) is 12.2. The molecule has 2 unspecified atom stereocenters. The maximum absolute atomic E-state index is 8.83. The Kier molecular flexibility index (Phi) is 6.26. The fourth-order valence-corrected chi connectivity index (χ4v) is 4.10. The van der Waals surface area contributed by atoms with Crippen molar-refractivity contribution < 1.29 is 4.74 Å². The molecule has 0 saturated heterocycles. The van der Waals surface area contributed by atoms with Crippen molar-refractivity contribution >= 4 is 11.8 Å². The molecule has 1 aromatic carbocycles. The quantitative estimate of drug-likeness (QED) is 0.715. The fourth-order valence-electron chi connectivity index (χ4n) is 2.68. The van der Waals surface area contributed by atoms with E-state index in [2.05, 4.69) is 24.8 Å². The summed E-state index contributed by atoms with van der Waals surface area (Å²) >= 11 is 2.11. The van der Waals surface area contributed by atoms with E-state index in [1.165, 1.54) is 31.4 Å². The van der Waals surface area contributed by atoms with Gasteiger partial charge in [0.1, 0.15) is 5.75 Å². The topological polar surface area (TPSA) is 33.0 Å². The number of hydrogen-bond acceptors (Lipinski definition) is 3. The first-order chi connectivity index (χ1) is 9.78. The fraction of sp³-hybridized carbons (Fsp3) is 0.588. The van der Waals surface area contributed by atoms with Gasteiger partial charge in [0.15, 0.2) is 0 Å². The second-order valence-electron chi connectivity index (χ2n) is 5.61. The lowest BCUT2D eigenvalue weighted by atomic mass is 9.91. The molecule has 1 saturated carbocycles. The second kappa shape index (κ2) is 8.21. The van der Waals surface area contributed by atoms with Crippen molar-refractivity contribution in [1.82, 2.24) is 0 Å². The van der Waals surface area contributed by atoms with E-state index in [4.69, 9.17) is 10.00 Å². The van der Waals surface area contributed by atoms with E-state index in [-0.39, 0.29) is 0 Å². The van der Waals surface area contributed by atoms with Crippen molar-refractivity contribution in [2.24, 2.45) is 5.92 Å². The minimum absolute atomic E-state index is 0.660. The normalized spacial score (nSPS) is 22.2. The number of thioether (sulfide) groups is 1. The van der Waals surface area contributed by atoms with Gasteiger partial charge in [0.05, 0.1) is 18.2 Å². The molecule has 0 amide bonds. The molecule has 1 aliphatic carbocycles. The van der Waals surface area contributed by atoms with Crippen LogP contribution in [0.1, 0.15) is 44.6 Å². The van der Waals surface area contributed by atoms with E-state index < -0.39 is 0 Å². The third-order valence-corrected chi connectivity index (χ3v) is 5.19. The molecule has 0 radical (unpaired) electrons. The van der Waals surface area contributed by atoms with Crippen molar-refractivity contribution in [1.29, 1.82) is 5.26 Å². The number of hydrogen-bond donors (Lipinski definition) is 0. The van der Waals surface area contributed by atoms with Crippen molar-refractivity contribution in [3.63, 3.8) is 0 Å². The van der Waals surface area contributed by atoms with E-state index >= 15 is 0 Å². The van der Waals surface area contributed by atoms with Crippen LogP contribution in [0.5, 0.6) is 5.75 Å². The molecule has 0 heterocycles. The molecule has 2 atom stereocenters. The Morgan fingerprint density at radius 3 is 3.10 bits per heavy atom. The average Bonchev–Trinajstić information content (AvgIpc) is 2.47. The molecule has 3 heteroatoms. The highest BCUT2D eigenvalue weighted by Gasteiger charge is 2.18. The average molecular weight is 289 g/mol. The van der Waals surface area contributed by atoms with Gasteiger partial charge in [-0.25, -0.2) is 0 Å². The van der Waals surface area contributed by atoms with Gasteiger partial charge in [-0.3, -0.25) is 0 Å². The Morgan fingerprint density at radius 2 is 2.30 bits per heavy atom. The molecule has 2 rings (SSSR count). The van der Waals surface area contributed by atoms with E-state index in [1.807, 2.05) is 12.1 Å². The van der Waals surface area contributed by atoms with Crippen LogP contribution in [0.25, 0.3) is 0 Å². The molecule has 0 aliphatic heterocycles. The lowest BCUT2D eigenvalue weighted by molar-refractivity contribution is 0.318. The monoisotopic (exact) mass is 289 g/mol. The SMILES string of the molecule is CC1CCCC(SCCCOc2cccc(C#N)c2)C1. The van der Waals surface area contributed by atoms with Crippen LogP contribution in [-0.4, -0.2) is 17.6 Å². The number of rotatable bonds is 6. The Hall–Kier alpha value is -1.14. The summed E-state index contributed by atoms with van der Waals surface area (Å²) in [6, 6.07) is 9.51. The van der Waals surface area contributed by atoms with Crippen LogP contribution in [0.2, 0.25) is 0 Å². The first kappa shape index (κ1) is 15.3. The van der Waals surface area contributed by atoms with E-state index in [0.717, 1.165) is 29.9 Å². The van der Waals surface area contributed by atoms with Gasteiger partial charge in [0.25, 0.3) is 0 Å². The van der Waals surface area contributed by atoms with Gasteiger partial charge >= 0.3 is 0 Å². The smallest absolute Gasteiger partial charge is 0.120 e. The first-order valence-electron chi connectivity index (χ1n) is 7.52. The van der Waals surface area contributed by atoms with Crippen LogP contribution in [0.15, 0.2) is 24.3 Å². The zero-order valence-corrected chi connectivity index (χ0v) is 13.0. The van der Waals surface area contributed by atoms with Crippen LogP contribution in [-0.2, 0) is 0 Å². The number of nitrogens with zero attached hydrogens (tertiary/aromatic N) is 1. The van der Waals surface area contributed by atoms with Gasteiger partial charge < -0.3 is 4.74 Å².